The van der Waals surface area contributed by atoms with Gasteiger partial charge in [-0.1, -0.05) is 6.92 Å². The lowest BCUT2D eigenvalue weighted by Crippen LogP contribution is -2.17. The quantitative estimate of drug-likeness (QED) is 0.795. The average Bonchev–Trinajstić information content (AvgIpc) is 2.93. The molecule has 0 aliphatic carbocycles. The number of rotatable bonds is 6. The van der Waals surface area contributed by atoms with Crippen LogP contribution in [0.2, 0.25) is 0 Å². The molecular weight excluding hydrogens is 232 g/mol. The van der Waals surface area contributed by atoms with Crippen molar-refractivity contribution in [3.63, 3.8) is 0 Å². The number of thiazole rings is 1. The van der Waals surface area contributed by atoms with Gasteiger partial charge in [0.05, 0.1) is 16.9 Å². The van der Waals surface area contributed by atoms with Gasteiger partial charge in [-0.25, -0.2) is 4.98 Å². The highest BCUT2D eigenvalue weighted by molar-refractivity contribution is 7.07. The second kappa shape index (κ2) is 5.93. The van der Waals surface area contributed by atoms with Crippen LogP contribution in [0.5, 0.6) is 0 Å². The maximum Gasteiger partial charge on any atom is 0.0794 e. The van der Waals surface area contributed by atoms with E-state index in [4.69, 9.17) is 0 Å². The highest BCUT2D eigenvalue weighted by Gasteiger charge is 2.04. The summed E-state index contributed by atoms with van der Waals surface area (Å²) in [6.07, 6.45) is 4.07. The summed E-state index contributed by atoms with van der Waals surface area (Å²) in [4.78, 5) is 4.26. The second-order valence-corrected chi connectivity index (χ2v) is 4.75. The molecule has 0 bridgehead atoms. The summed E-state index contributed by atoms with van der Waals surface area (Å²) in [6.45, 7) is 3.99. The second-order valence-electron chi connectivity index (χ2n) is 4.03. The Labute approximate surface area is 106 Å². The van der Waals surface area contributed by atoms with Gasteiger partial charge < -0.3 is 5.32 Å². The van der Waals surface area contributed by atoms with Crippen LogP contribution in [0.15, 0.2) is 17.1 Å². The standard InChI is InChI=1S/C12H18N4S/c1-3-12-10(7-16(2)15-12)6-13-5-4-11-8-17-9-14-11/h7-9,13H,3-6H2,1-2H3. The lowest BCUT2D eigenvalue weighted by Gasteiger charge is -2.02. The minimum Gasteiger partial charge on any atom is -0.312 e. The zero-order valence-electron chi connectivity index (χ0n) is 10.3. The molecule has 0 saturated carbocycles. The molecule has 0 saturated heterocycles. The zero-order chi connectivity index (χ0) is 12.1. The fourth-order valence-corrected chi connectivity index (χ4v) is 2.42. The van der Waals surface area contributed by atoms with Crippen LogP contribution in [-0.4, -0.2) is 21.3 Å². The van der Waals surface area contributed by atoms with Gasteiger partial charge in [0.25, 0.3) is 0 Å². The van der Waals surface area contributed by atoms with Gasteiger partial charge in [-0.2, -0.15) is 5.10 Å². The molecule has 0 atom stereocenters. The molecule has 2 rings (SSSR count). The normalized spacial score (nSPS) is 10.9. The Morgan fingerprint density at radius 2 is 2.35 bits per heavy atom. The van der Waals surface area contributed by atoms with E-state index in [9.17, 15) is 0 Å². The van der Waals surface area contributed by atoms with Crippen molar-refractivity contribution in [3.8, 4) is 0 Å². The van der Waals surface area contributed by atoms with Crippen LogP contribution in [0, 0.1) is 0 Å². The Morgan fingerprint density at radius 1 is 1.47 bits per heavy atom. The van der Waals surface area contributed by atoms with E-state index in [0.717, 1.165) is 25.9 Å². The number of nitrogens with one attached hydrogen (secondary N) is 1. The fraction of sp³-hybridized carbons (Fsp3) is 0.500. The van der Waals surface area contributed by atoms with Crippen molar-refractivity contribution in [2.75, 3.05) is 6.54 Å². The third kappa shape index (κ3) is 3.38. The van der Waals surface area contributed by atoms with E-state index in [1.807, 2.05) is 17.2 Å². The van der Waals surface area contributed by atoms with Gasteiger partial charge in [0.2, 0.25) is 0 Å². The average molecular weight is 250 g/mol. The molecule has 0 aliphatic rings. The highest BCUT2D eigenvalue weighted by Crippen LogP contribution is 2.06. The Hall–Kier alpha value is -1.20. The molecule has 4 nitrogen and oxygen atoms in total. The van der Waals surface area contributed by atoms with Crippen molar-refractivity contribution in [3.05, 3.63) is 34.0 Å². The highest BCUT2D eigenvalue weighted by atomic mass is 32.1. The smallest absolute Gasteiger partial charge is 0.0794 e. The topological polar surface area (TPSA) is 42.7 Å². The minimum atomic E-state index is 0.890. The van der Waals surface area contributed by atoms with Crippen LogP contribution >= 0.6 is 11.3 Å². The van der Waals surface area contributed by atoms with Gasteiger partial charge in [-0.15, -0.1) is 11.3 Å². The van der Waals surface area contributed by atoms with Crippen molar-refractivity contribution < 1.29 is 0 Å². The fourth-order valence-electron chi connectivity index (χ4n) is 1.83. The summed E-state index contributed by atoms with van der Waals surface area (Å²) >= 11 is 1.65. The summed E-state index contributed by atoms with van der Waals surface area (Å²) in [6, 6.07) is 0. The van der Waals surface area contributed by atoms with Crippen molar-refractivity contribution >= 4 is 11.3 Å². The molecule has 17 heavy (non-hydrogen) atoms. The molecule has 0 fully saturated rings. The predicted molar refractivity (Wildman–Crippen MR) is 70.1 cm³/mol. The van der Waals surface area contributed by atoms with Gasteiger partial charge in [-0.05, 0) is 6.42 Å². The summed E-state index contributed by atoms with van der Waals surface area (Å²) in [5.74, 6) is 0. The molecule has 0 aromatic carbocycles. The van der Waals surface area contributed by atoms with E-state index in [1.165, 1.54) is 17.0 Å². The molecule has 92 valence electrons. The van der Waals surface area contributed by atoms with Crippen LogP contribution in [0.3, 0.4) is 0 Å². The first kappa shape index (κ1) is 12.3. The van der Waals surface area contributed by atoms with Crippen LogP contribution in [0.4, 0.5) is 0 Å². The first-order valence-electron chi connectivity index (χ1n) is 5.88. The van der Waals surface area contributed by atoms with E-state index in [1.54, 1.807) is 11.3 Å². The predicted octanol–water partition coefficient (Wildman–Crippen LogP) is 1.77. The van der Waals surface area contributed by atoms with Gasteiger partial charge in [0.15, 0.2) is 0 Å². The number of hydrogen-bond donors (Lipinski definition) is 1. The van der Waals surface area contributed by atoms with Crippen molar-refractivity contribution in [2.24, 2.45) is 7.05 Å². The number of aromatic nitrogens is 3. The van der Waals surface area contributed by atoms with E-state index in [2.05, 4.69) is 33.9 Å². The Balaban J connectivity index is 1.77. The number of nitrogens with zero attached hydrogens (tertiary/aromatic N) is 3. The van der Waals surface area contributed by atoms with Crippen LogP contribution < -0.4 is 5.32 Å². The Bertz CT molecular complexity index is 447. The van der Waals surface area contributed by atoms with E-state index in [-0.39, 0.29) is 0 Å². The summed E-state index contributed by atoms with van der Waals surface area (Å²) in [7, 11) is 1.97. The maximum absolute atomic E-state index is 4.42. The lowest BCUT2D eigenvalue weighted by atomic mass is 10.2. The maximum atomic E-state index is 4.42. The monoisotopic (exact) mass is 250 g/mol. The molecule has 0 aliphatic heterocycles. The summed E-state index contributed by atoms with van der Waals surface area (Å²) < 4.78 is 1.89. The van der Waals surface area contributed by atoms with E-state index >= 15 is 0 Å². The van der Waals surface area contributed by atoms with Gasteiger partial charge in [-0.3, -0.25) is 4.68 Å². The molecule has 0 radical (unpaired) electrons. The first-order valence-corrected chi connectivity index (χ1v) is 6.83. The molecule has 2 heterocycles. The zero-order valence-corrected chi connectivity index (χ0v) is 11.1. The molecular formula is C12H18N4S. The summed E-state index contributed by atoms with van der Waals surface area (Å²) in [5, 5.41) is 9.96. The molecule has 0 spiro atoms. The van der Waals surface area contributed by atoms with Gasteiger partial charge in [0, 0.05) is 43.7 Å². The van der Waals surface area contributed by atoms with Crippen molar-refractivity contribution in [2.45, 2.75) is 26.3 Å². The van der Waals surface area contributed by atoms with Crippen LogP contribution in [0.25, 0.3) is 0 Å². The van der Waals surface area contributed by atoms with Crippen LogP contribution in [0.1, 0.15) is 23.9 Å². The molecule has 2 aromatic rings. The first-order chi connectivity index (χ1) is 8.29. The van der Waals surface area contributed by atoms with Gasteiger partial charge >= 0.3 is 0 Å². The third-order valence-corrected chi connectivity index (χ3v) is 3.32. The van der Waals surface area contributed by atoms with Crippen LogP contribution in [-0.2, 0) is 26.4 Å². The number of aryl methyl sites for hydroxylation is 2. The Kier molecular flexibility index (Phi) is 4.28. The SMILES string of the molecule is CCc1nn(C)cc1CNCCc1cscn1. The van der Waals surface area contributed by atoms with E-state index in [0.29, 0.717) is 0 Å². The molecule has 2 aromatic heterocycles. The van der Waals surface area contributed by atoms with E-state index < -0.39 is 0 Å². The molecule has 0 unspecified atom stereocenters. The lowest BCUT2D eigenvalue weighted by molar-refractivity contribution is 0.677. The molecule has 0 amide bonds. The molecule has 1 N–H and O–H groups in total. The minimum absolute atomic E-state index is 0.890. The van der Waals surface area contributed by atoms with Gasteiger partial charge in [0.1, 0.15) is 0 Å². The Morgan fingerprint density at radius 3 is 3.06 bits per heavy atom. The number of hydrogen-bond acceptors (Lipinski definition) is 4. The van der Waals surface area contributed by atoms with Crippen molar-refractivity contribution in [1.82, 2.24) is 20.1 Å². The van der Waals surface area contributed by atoms with Crippen molar-refractivity contribution in [1.29, 1.82) is 0 Å². The summed E-state index contributed by atoms with van der Waals surface area (Å²) in [5.41, 5.74) is 5.54. The molecule has 5 heteroatoms. The largest absolute Gasteiger partial charge is 0.312 e. The third-order valence-electron chi connectivity index (χ3n) is 2.68.